The molecule has 0 bridgehead atoms. The Morgan fingerprint density at radius 1 is 1.11 bits per heavy atom. The third-order valence-corrected chi connectivity index (χ3v) is 4.19. The predicted molar refractivity (Wildman–Crippen MR) is 56.5 cm³/mol. The number of carbonyl (C=O) groups is 1. The lowest BCUT2D eigenvalue weighted by atomic mass is 10.1. The van der Waals surface area contributed by atoms with Crippen LogP contribution in [0.1, 0.15) is 5.56 Å². The quantitative estimate of drug-likeness (QED) is 0.827. The summed E-state index contributed by atoms with van der Waals surface area (Å²) in [7, 11) is -5.99. The van der Waals surface area contributed by atoms with Crippen LogP contribution in [0.2, 0.25) is 0 Å². The number of benzene rings is 1. The summed E-state index contributed by atoms with van der Waals surface area (Å²) in [6.07, 6.45) is 0. The van der Waals surface area contributed by atoms with Crippen molar-refractivity contribution in [1.82, 2.24) is 0 Å². The van der Waals surface area contributed by atoms with Crippen LogP contribution < -0.4 is 11.5 Å². The van der Waals surface area contributed by atoms with Crippen molar-refractivity contribution in [2.45, 2.75) is 10.4 Å². The molecule has 5 nitrogen and oxygen atoms in total. The molecule has 0 aromatic heterocycles. The fourth-order valence-corrected chi connectivity index (χ4v) is 2.37. The Hall–Kier alpha value is -1.61. The third kappa shape index (κ3) is 1.95. The van der Waals surface area contributed by atoms with Gasteiger partial charge in [-0.1, -0.05) is 30.3 Å². The summed E-state index contributed by atoms with van der Waals surface area (Å²) in [5.41, 5.74) is 3.65. The second-order valence-corrected chi connectivity index (χ2v) is 5.53. The Bertz CT molecular complexity index is 556. The van der Waals surface area contributed by atoms with Crippen LogP contribution in [0.4, 0.5) is 13.2 Å². The van der Waals surface area contributed by atoms with Crippen LogP contribution >= 0.6 is 0 Å². The van der Waals surface area contributed by atoms with E-state index in [4.69, 9.17) is 11.5 Å². The Morgan fingerprint density at radius 2 is 1.56 bits per heavy atom. The molecule has 0 aliphatic heterocycles. The topological polar surface area (TPSA) is 103 Å². The van der Waals surface area contributed by atoms with E-state index >= 15 is 0 Å². The summed E-state index contributed by atoms with van der Waals surface area (Å²) in [5, 5.41) is 0. The summed E-state index contributed by atoms with van der Waals surface area (Å²) in [5.74, 6) is -1.80. The fraction of sp³-hybridized carbons (Fsp3) is 0.222. The smallest absolute Gasteiger partial charge is 0.367 e. The van der Waals surface area contributed by atoms with E-state index in [1.165, 1.54) is 18.2 Å². The zero-order valence-electron chi connectivity index (χ0n) is 8.81. The summed E-state index contributed by atoms with van der Waals surface area (Å²) in [6, 6.07) is 5.87. The molecule has 0 fully saturated rings. The molecule has 1 unspecified atom stereocenters. The van der Waals surface area contributed by atoms with Gasteiger partial charge in [-0.3, -0.25) is 4.79 Å². The molecule has 1 aromatic rings. The number of carbonyl (C=O) groups excluding carboxylic acids is 1. The van der Waals surface area contributed by atoms with E-state index in [1.807, 2.05) is 0 Å². The second kappa shape index (κ2) is 4.25. The van der Waals surface area contributed by atoms with Crippen LogP contribution in [0.3, 0.4) is 0 Å². The molecule has 1 rings (SSSR count). The Balaban J connectivity index is 3.60. The van der Waals surface area contributed by atoms with E-state index < -0.39 is 31.7 Å². The lowest BCUT2D eigenvalue weighted by Gasteiger charge is -2.27. The predicted octanol–water partition coefficient (Wildman–Crippen LogP) is 0.218. The van der Waals surface area contributed by atoms with Crippen LogP contribution in [0.25, 0.3) is 0 Å². The molecular weight excluding hydrogens is 273 g/mol. The lowest BCUT2D eigenvalue weighted by Crippen LogP contribution is -2.58. The molecule has 0 radical (unpaired) electrons. The van der Waals surface area contributed by atoms with E-state index in [2.05, 4.69) is 0 Å². The summed E-state index contributed by atoms with van der Waals surface area (Å²) in [4.78, 5) is 7.79. The van der Waals surface area contributed by atoms with Gasteiger partial charge in [-0.15, -0.1) is 0 Å². The van der Waals surface area contributed by atoms with Gasteiger partial charge in [0, 0.05) is 0 Å². The molecule has 1 amide bonds. The van der Waals surface area contributed by atoms with Crippen molar-refractivity contribution in [1.29, 1.82) is 0 Å². The number of hydrogen-bond donors (Lipinski definition) is 2. The van der Waals surface area contributed by atoms with Crippen molar-refractivity contribution in [2.75, 3.05) is 0 Å². The molecule has 100 valence electrons. The van der Waals surface area contributed by atoms with Crippen molar-refractivity contribution in [3.05, 3.63) is 35.9 Å². The van der Waals surface area contributed by atoms with E-state index in [-0.39, 0.29) is 0 Å². The standard InChI is InChI=1S/C9H9F3N2O3S/c10-9(11,12)18(16,17)8(14,7(13)15)6-4-2-1-3-5-6/h1-5H,14H2,(H2,13,15). The number of amides is 1. The highest BCUT2D eigenvalue weighted by Crippen LogP contribution is 2.36. The van der Waals surface area contributed by atoms with Gasteiger partial charge in [0.05, 0.1) is 0 Å². The molecule has 0 saturated carbocycles. The van der Waals surface area contributed by atoms with Crippen LogP contribution in [-0.2, 0) is 19.5 Å². The van der Waals surface area contributed by atoms with E-state index in [0.717, 1.165) is 12.1 Å². The number of rotatable bonds is 3. The zero-order chi connectivity index (χ0) is 14.2. The largest absolute Gasteiger partial charge is 0.500 e. The number of hydrogen-bond acceptors (Lipinski definition) is 4. The van der Waals surface area contributed by atoms with Gasteiger partial charge in [0.15, 0.2) is 0 Å². The van der Waals surface area contributed by atoms with Crippen LogP contribution in [-0.4, -0.2) is 19.8 Å². The first-order chi connectivity index (χ1) is 8.05. The zero-order valence-corrected chi connectivity index (χ0v) is 9.62. The summed E-state index contributed by atoms with van der Waals surface area (Å²) in [6.45, 7) is 0. The SMILES string of the molecule is NC(=O)C(N)(c1ccccc1)S(=O)(=O)C(F)(F)F. The number of sulfone groups is 1. The number of alkyl halides is 3. The molecule has 0 heterocycles. The van der Waals surface area contributed by atoms with Gasteiger partial charge in [0.1, 0.15) is 0 Å². The average molecular weight is 282 g/mol. The highest BCUT2D eigenvalue weighted by atomic mass is 32.2. The van der Waals surface area contributed by atoms with Crippen molar-refractivity contribution < 1.29 is 26.4 Å². The number of halogens is 3. The van der Waals surface area contributed by atoms with Crippen LogP contribution in [0.5, 0.6) is 0 Å². The van der Waals surface area contributed by atoms with Gasteiger partial charge in [-0.05, 0) is 5.56 Å². The third-order valence-electron chi connectivity index (χ3n) is 2.30. The number of nitrogens with two attached hydrogens (primary N) is 2. The molecule has 0 spiro atoms. The monoisotopic (exact) mass is 282 g/mol. The summed E-state index contributed by atoms with van der Waals surface area (Å²) >= 11 is 0. The maximum absolute atomic E-state index is 12.5. The molecule has 0 saturated heterocycles. The Morgan fingerprint density at radius 3 is 1.89 bits per heavy atom. The highest BCUT2D eigenvalue weighted by molar-refractivity contribution is 7.93. The van der Waals surface area contributed by atoms with Gasteiger partial charge in [0.2, 0.25) is 4.87 Å². The summed E-state index contributed by atoms with van der Waals surface area (Å²) < 4.78 is 60.2. The van der Waals surface area contributed by atoms with Crippen LogP contribution in [0, 0.1) is 0 Å². The highest BCUT2D eigenvalue weighted by Gasteiger charge is 2.62. The van der Waals surface area contributed by atoms with Crippen LogP contribution in [0.15, 0.2) is 30.3 Å². The first kappa shape index (κ1) is 14.5. The van der Waals surface area contributed by atoms with E-state index in [1.54, 1.807) is 0 Å². The van der Waals surface area contributed by atoms with E-state index in [9.17, 15) is 26.4 Å². The van der Waals surface area contributed by atoms with Crippen molar-refractivity contribution >= 4 is 15.7 Å². The van der Waals surface area contributed by atoms with Crippen molar-refractivity contribution in [2.24, 2.45) is 11.5 Å². The molecule has 1 atom stereocenters. The second-order valence-electron chi connectivity index (χ2n) is 3.42. The normalized spacial score (nSPS) is 16.0. The first-order valence-electron chi connectivity index (χ1n) is 4.50. The Kier molecular flexibility index (Phi) is 3.41. The molecular formula is C9H9F3N2O3S. The molecule has 9 heteroatoms. The van der Waals surface area contributed by atoms with Crippen molar-refractivity contribution in [3.8, 4) is 0 Å². The first-order valence-corrected chi connectivity index (χ1v) is 5.98. The van der Waals surface area contributed by atoms with Gasteiger partial charge < -0.3 is 11.5 Å². The minimum absolute atomic E-state index is 0.546. The lowest BCUT2D eigenvalue weighted by molar-refractivity contribution is -0.121. The molecule has 18 heavy (non-hydrogen) atoms. The average Bonchev–Trinajstić information content (AvgIpc) is 2.27. The fourth-order valence-electron chi connectivity index (χ4n) is 1.30. The number of primary amides is 1. The van der Waals surface area contributed by atoms with Gasteiger partial charge >= 0.3 is 5.51 Å². The van der Waals surface area contributed by atoms with Crippen molar-refractivity contribution in [3.63, 3.8) is 0 Å². The maximum Gasteiger partial charge on any atom is 0.500 e. The van der Waals surface area contributed by atoms with Gasteiger partial charge in [-0.2, -0.15) is 13.2 Å². The molecule has 0 aliphatic rings. The van der Waals surface area contributed by atoms with Gasteiger partial charge in [0.25, 0.3) is 15.7 Å². The molecule has 1 aromatic carbocycles. The minimum Gasteiger partial charge on any atom is -0.367 e. The Labute approximate surface area is 100 Å². The maximum atomic E-state index is 12.5. The minimum atomic E-state index is -5.99. The molecule has 4 N–H and O–H groups in total. The molecule has 0 aliphatic carbocycles. The van der Waals surface area contributed by atoms with E-state index in [0.29, 0.717) is 0 Å². The van der Waals surface area contributed by atoms with Gasteiger partial charge in [-0.25, -0.2) is 8.42 Å².